The fraction of sp³-hybridized carbons (Fsp3) is 0.353. The van der Waals surface area contributed by atoms with Gasteiger partial charge in [0.1, 0.15) is 0 Å². The van der Waals surface area contributed by atoms with Gasteiger partial charge in [-0.25, -0.2) is 0 Å². The first kappa shape index (κ1) is 18.1. The maximum absolute atomic E-state index is 12.7. The second-order valence-electron chi connectivity index (χ2n) is 5.59. The fourth-order valence-electron chi connectivity index (χ4n) is 2.93. The van der Waals surface area contributed by atoms with Gasteiger partial charge in [-0.05, 0) is 38.0 Å². The largest absolute Gasteiger partial charge is 0.416 e. The van der Waals surface area contributed by atoms with E-state index in [0.717, 1.165) is 17.8 Å². The molecule has 0 radical (unpaired) electrons. The van der Waals surface area contributed by atoms with Crippen molar-refractivity contribution in [3.63, 3.8) is 0 Å². The molecular weight excluding hydrogens is 321 g/mol. The first-order chi connectivity index (χ1) is 11.2. The Bertz CT molecular complexity index is 747. The molecule has 1 amide bonds. The number of nitrogens with two attached hydrogens (primary N) is 1. The van der Waals surface area contributed by atoms with Crippen LogP contribution in [0.4, 0.5) is 13.2 Å². The number of aliphatic hydroxyl groups is 1. The second-order valence-corrected chi connectivity index (χ2v) is 5.59. The zero-order valence-electron chi connectivity index (χ0n) is 13.4. The molecule has 0 atom stereocenters. The Kier molecular flexibility index (Phi) is 5.03. The Hall–Kier alpha value is -2.28. The van der Waals surface area contributed by atoms with Crippen molar-refractivity contribution in [1.29, 1.82) is 0 Å². The van der Waals surface area contributed by atoms with Gasteiger partial charge in [-0.1, -0.05) is 12.1 Å². The van der Waals surface area contributed by atoms with E-state index in [1.54, 1.807) is 13.8 Å². The van der Waals surface area contributed by atoms with Crippen molar-refractivity contribution in [2.45, 2.75) is 33.0 Å². The van der Waals surface area contributed by atoms with Crippen molar-refractivity contribution in [3.8, 4) is 11.1 Å². The van der Waals surface area contributed by atoms with Crippen molar-refractivity contribution < 1.29 is 23.1 Å². The van der Waals surface area contributed by atoms with Gasteiger partial charge in [-0.2, -0.15) is 13.2 Å². The number of aromatic nitrogens is 1. The van der Waals surface area contributed by atoms with Crippen molar-refractivity contribution in [1.82, 2.24) is 4.57 Å². The lowest BCUT2D eigenvalue weighted by molar-refractivity contribution is -0.137. The molecule has 1 heterocycles. The van der Waals surface area contributed by atoms with Crippen molar-refractivity contribution in [3.05, 3.63) is 46.8 Å². The monoisotopic (exact) mass is 340 g/mol. The summed E-state index contributed by atoms with van der Waals surface area (Å²) in [4.78, 5) is 11.9. The number of halogens is 3. The standard InChI is InChI=1S/C17H19F3N2O2/c1-10-14(12-4-6-13(7-5-12)17(18,19)20)15(16(21)24)11(2)22(10)8-3-9-23/h4-7,23H,3,8-9H2,1-2H3,(H2,21,24). The number of hydrogen-bond acceptors (Lipinski definition) is 2. The highest BCUT2D eigenvalue weighted by molar-refractivity contribution is 6.02. The van der Waals surface area contributed by atoms with Gasteiger partial charge in [0.15, 0.2) is 0 Å². The van der Waals surface area contributed by atoms with E-state index in [-0.39, 0.29) is 6.61 Å². The van der Waals surface area contributed by atoms with Gasteiger partial charge in [-0.3, -0.25) is 4.79 Å². The zero-order chi connectivity index (χ0) is 18.1. The molecule has 24 heavy (non-hydrogen) atoms. The van der Waals surface area contributed by atoms with Crippen LogP contribution in [0.5, 0.6) is 0 Å². The molecule has 1 aromatic carbocycles. The van der Waals surface area contributed by atoms with E-state index in [1.165, 1.54) is 12.1 Å². The van der Waals surface area contributed by atoms with Gasteiger partial charge in [0.05, 0.1) is 11.1 Å². The van der Waals surface area contributed by atoms with E-state index in [2.05, 4.69) is 0 Å². The molecule has 0 bridgehead atoms. The molecule has 3 N–H and O–H groups in total. The Morgan fingerprint density at radius 1 is 1.17 bits per heavy atom. The number of alkyl halides is 3. The molecule has 7 heteroatoms. The molecule has 0 spiro atoms. The Morgan fingerprint density at radius 3 is 2.21 bits per heavy atom. The van der Waals surface area contributed by atoms with Gasteiger partial charge >= 0.3 is 6.18 Å². The average Bonchev–Trinajstić information content (AvgIpc) is 2.75. The summed E-state index contributed by atoms with van der Waals surface area (Å²) in [5.74, 6) is -0.631. The summed E-state index contributed by atoms with van der Waals surface area (Å²) in [5.41, 5.74) is 7.44. The maximum atomic E-state index is 12.7. The number of aliphatic hydroxyl groups excluding tert-OH is 1. The number of carbonyl (C=O) groups excluding carboxylic acids is 1. The lowest BCUT2D eigenvalue weighted by atomic mass is 9.99. The minimum Gasteiger partial charge on any atom is -0.396 e. The first-order valence-electron chi connectivity index (χ1n) is 7.46. The van der Waals surface area contributed by atoms with E-state index in [0.29, 0.717) is 35.3 Å². The van der Waals surface area contributed by atoms with Crippen LogP contribution >= 0.6 is 0 Å². The Morgan fingerprint density at radius 2 is 1.75 bits per heavy atom. The molecule has 1 aromatic heterocycles. The van der Waals surface area contributed by atoms with Crippen LogP contribution in [-0.2, 0) is 12.7 Å². The van der Waals surface area contributed by atoms with Crippen LogP contribution < -0.4 is 5.73 Å². The molecule has 2 aromatic rings. The van der Waals surface area contributed by atoms with Crippen LogP contribution in [-0.4, -0.2) is 22.2 Å². The van der Waals surface area contributed by atoms with Gasteiger partial charge < -0.3 is 15.4 Å². The van der Waals surface area contributed by atoms with Crippen LogP contribution in [0, 0.1) is 13.8 Å². The van der Waals surface area contributed by atoms with Gasteiger partial charge in [0.25, 0.3) is 5.91 Å². The van der Waals surface area contributed by atoms with E-state index in [1.807, 2.05) is 4.57 Å². The number of carbonyl (C=O) groups is 1. The highest BCUT2D eigenvalue weighted by atomic mass is 19.4. The number of primary amides is 1. The molecule has 0 saturated carbocycles. The Labute approximate surface area is 137 Å². The molecule has 0 aliphatic carbocycles. The molecule has 2 rings (SSSR count). The lowest BCUT2D eigenvalue weighted by Crippen LogP contribution is -2.13. The second kappa shape index (κ2) is 6.68. The average molecular weight is 340 g/mol. The lowest BCUT2D eigenvalue weighted by Gasteiger charge is -2.10. The summed E-state index contributed by atoms with van der Waals surface area (Å²) in [6, 6.07) is 4.65. The summed E-state index contributed by atoms with van der Waals surface area (Å²) < 4.78 is 40.0. The summed E-state index contributed by atoms with van der Waals surface area (Å²) in [5, 5.41) is 9.01. The van der Waals surface area contributed by atoms with Gasteiger partial charge in [0, 0.05) is 30.1 Å². The number of amides is 1. The molecular formula is C17H19F3N2O2. The summed E-state index contributed by atoms with van der Waals surface area (Å²) in [6.07, 6.45) is -3.91. The minimum absolute atomic E-state index is 0.00141. The predicted octanol–water partition coefficient (Wildman–Crippen LogP) is 3.27. The number of hydrogen-bond donors (Lipinski definition) is 2. The van der Waals surface area contributed by atoms with Crippen LogP contribution in [0.25, 0.3) is 11.1 Å². The van der Waals surface area contributed by atoms with E-state index < -0.39 is 17.6 Å². The third kappa shape index (κ3) is 3.31. The number of rotatable bonds is 5. The first-order valence-corrected chi connectivity index (χ1v) is 7.46. The quantitative estimate of drug-likeness (QED) is 0.877. The normalized spacial score (nSPS) is 11.8. The van der Waals surface area contributed by atoms with Crippen molar-refractivity contribution >= 4 is 5.91 Å². The van der Waals surface area contributed by atoms with Gasteiger partial charge in [-0.15, -0.1) is 0 Å². The molecule has 0 aliphatic heterocycles. The third-order valence-electron chi connectivity index (χ3n) is 4.07. The summed E-state index contributed by atoms with van der Waals surface area (Å²) in [7, 11) is 0. The van der Waals surface area contributed by atoms with E-state index in [9.17, 15) is 18.0 Å². The van der Waals surface area contributed by atoms with E-state index in [4.69, 9.17) is 10.8 Å². The smallest absolute Gasteiger partial charge is 0.396 e. The fourth-order valence-corrected chi connectivity index (χ4v) is 2.93. The molecule has 4 nitrogen and oxygen atoms in total. The van der Waals surface area contributed by atoms with Crippen LogP contribution in [0.3, 0.4) is 0 Å². The van der Waals surface area contributed by atoms with Gasteiger partial charge in [0.2, 0.25) is 0 Å². The molecule has 0 saturated heterocycles. The zero-order valence-corrected chi connectivity index (χ0v) is 13.4. The highest BCUT2D eigenvalue weighted by Crippen LogP contribution is 2.35. The van der Waals surface area contributed by atoms with Crippen LogP contribution in [0.1, 0.15) is 33.7 Å². The number of benzene rings is 1. The maximum Gasteiger partial charge on any atom is 0.416 e. The third-order valence-corrected chi connectivity index (χ3v) is 4.07. The minimum atomic E-state index is -4.41. The van der Waals surface area contributed by atoms with Crippen molar-refractivity contribution in [2.75, 3.05) is 6.61 Å². The van der Waals surface area contributed by atoms with Crippen LogP contribution in [0.15, 0.2) is 24.3 Å². The van der Waals surface area contributed by atoms with Crippen LogP contribution in [0.2, 0.25) is 0 Å². The highest BCUT2D eigenvalue weighted by Gasteiger charge is 2.30. The molecule has 0 fully saturated rings. The Balaban J connectivity index is 2.58. The topological polar surface area (TPSA) is 68.2 Å². The molecule has 0 unspecified atom stereocenters. The number of nitrogens with zero attached hydrogens (tertiary/aromatic N) is 1. The molecule has 130 valence electrons. The van der Waals surface area contributed by atoms with Crippen molar-refractivity contribution in [2.24, 2.45) is 5.73 Å². The summed E-state index contributed by atoms with van der Waals surface area (Å²) in [6.45, 7) is 4.01. The predicted molar refractivity (Wildman–Crippen MR) is 84.6 cm³/mol. The summed E-state index contributed by atoms with van der Waals surface area (Å²) >= 11 is 0. The van der Waals surface area contributed by atoms with E-state index >= 15 is 0 Å². The SMILES string of the molecule is Cc1c(C(N)=O)c(-c2ccc(C(F)(F)F)cc2)c(C)n1CCCO. The molecule has 0 aliphatic rings.